The van der Waals surface area contributed by atoms with Crippen molar-refractivity contribution in [1.82, 2.24) is 29.5 Å². The standard InChI is InChI=1S/C16H17N7O2/c1-3-9-13-14(19-20-15(13)22(2)21-9)18-12(24)8-23-11-7-5-4-6-10(11)17-16(23)25/h4-7H,3,8H2,1-2H3,(H,17,25)(H2,18,19,20,24). The van der Waals surface area contributed by atoms with Gasteiger partial charge in [-0.15, -0.1) is 0 Å². The zero-order valence-electron chi connectivity index (χ0n) is 13.8. The van der Waals surface area contributed by atoms with Crippen LogP contribution in [-0.2, 0) is 24.8 Å². The Morgan fingerprint density at radius 1 is 1.32 bits per heavy atom. The van der Waals surface area contributed by atoms with Crippen molar-refractivity contribution in [3.05, 3.63) is 40.4 Å². The molecule has 0 saturated carbocycles. The van der Waals surface area contributed by atoms with Gasteiger partial charge in [-0.25, -0.2) is 9.48 Å². The van der Waals surface area contributed by atoms with E-state index in [1.165, 1.54) is 4.57 Å². The molecule has 0 aliphatic carbocycles. The first-order valence-corrected chi connectivity index (χ1v) is 7.95. The summed E-state index contributed by atoms with van der Waals surface area (Å²) in [6.45, 7) is 1.90. The molecule has 0 radical (unpaired) electrons. The Morgan fingerprint density at radius 2 is 2.12 bits per heavy atom. The molecule has 25 heavy (non-hydrogen) atoms. The minimum Gasteiger partial charge on any atom is -0.309 e. The Kier molecular flexibility index (Phi) is 3.41. The smallest absolute Gasteiger partial charge is 0.309 e. The Hall–Kier alpha value is -3.36. The predicted octanol–water partition coefficient (Wildman–Crippen LogP) is 1.14. The van der Waals surface area contributed by atoms with Crippen LogP contribution < -0.4 is 11.0 Å². The van der Waals surface area contributed by atoms with E-state index in [1.54, 1.807) is 23.9 Å². The first-order chi connectivity index (χ1) is 12.1. The highest BCUT2D eigenvalue weighted by Gasteiger charge is 2.18. The van der Waals surface area contributed by atoms with Gasteiger partial charge in [-0.2, -0.15) is 10.2 Å². The van der Waals surface area contributed by atoms with Crippen LogP contribution in [0.2, 0.25) is 0 Å². The molecule has 1 aromatic carbocycles. The topological polar surface area (TPSA) is 113 Å². The van der Waals surface area contributed by atoms with E-state index in [1.807, 2.05) is 19.1 Å². The molecule has 3 aromatic heterocycles. The number of hydrogen-bond donors (Lipinski definition) is 3. The summed E-state index contributed by atoms with van der Waals surface area (Å²) in [6.07, 6.45) is 0.724. The number of anilines is 1. The molecule has 0 bridgehead atoms. The number of imidazole rings is 1. The summed E-state index contributed by atoms with van der Waals surface area (Å²) in [5, 5.41) is 15.0. The molecule has 1 amide bonds. The molecule has 4 rings (SSSR count). The van der Waals surface area contributed by atoms with E-state index >= 15 is 0 Å². The molecular formula is C16H17N7O2. The van der Waals surface area contributed by atoms with Crippen LogP contribution in [0.4, 0.5) is 5.82 Å². The van der Waals surface area contributed by atoms with Gasteiger partial charge in [0.15, 0.2) is 5.65 Å². The summed E-state index contributed by atoms with van der Waals surface area (Å²) in [5.74, 6) is 0.182. The number of fused-ring (bicyclic) bond motifs is 2. The molecule has 0 aliphatic rings. The van der Waals surface area contributed by atoms with Gasteiger partial charge >= 0.3 is 5.69 Å². The van der Waals surface area contributed by atoms with E-state index in [4.69, 9.17) is 0 Å². The number of rotatable bonds is 4. The molecule has 9 nitrogen and oxygen atoms in total. The SMILES string of the molecule is CCc1nn(C)c2n[nH]c(NC(=O)Cn3c(=O)[nH]c4ccccc43)c12. The van der Waals surface area contributed by atoms with Crippen LogP contribution in [-0.4, -0.2) is 35.4 Å². The second-order valence-electron chi connectivity index (χ2n) is 5.80. The van der Waals surface area contributed by atoms with Crippen LogP contribution in [0.3, 0.4) is 0 Å². The van der Waals surface area contributed by atoms with Crippen LogP contribution >= 0.6 is 0 Å². The third-order valence-corrected chi connectivity index (χ3v) is 4.20. The van der Waals surface area contributed by atoms with E-state index in [-0.39, 0.29) is 18.1 Å². The van der Waals surface area contributed by atoms with Gasteiger partial charge in [0, 0.05) is 7.05 Å². The first-order valence-electron chi connectivity index (χ1n) is 7.95. The molecule has 3 N–H and O–H groups in total. The molecular weight excluding hydrogens is 322 g/mol. The average molecular weight is 339 g/mol. The molecule has 4 aromatic rings. The number of para-hydroxylation sites is 2. The number of aromatic nitrogens is 6. The monoisotopic (exact) mass is 339 g/mol. The Balaban J connectivity index is 1.64. The first kappa shape index (κ1) is 15.2. The van der Waals surface area contributed by atoms with E-state index in [0.29, 0.717) is 22.5 Å². The van der Waals surface area contributed by atoms with E-state index in [2.05, 4.69) is 25.6 Å². The lowest BCUT2D eigenvalue weighted by molar-refractivity contribution is -0.116. The van der Waals surface area contributed by atoms with Gasteiger partial charge < -0.3 is 10.3 Å². The molecule has 9 heteroatoms. The maximum atomic E-state index is 12.5. The number of nitrogens with zero attached hydrogens (tertiary/aromatic N) is 4. The summed E-state index contributed by atoms with van der Waals surface area (Å²) in [5.41, 5.74) is 2.60. The van der Waals surface area contributed by atoms with Crippen LogP contribution in [0.25, 0.3) is 22.1 Å². The van der Waals surface area contributed by atoms with E-state index < -0.39 is 0 Å². The number of aromatic amines is 2. The number of amides is 1. The van der Waals surface area contributed by atoms with E-state index in [9.17, 15) is 9.59 Å². The van der Waals surface area contributed by atoms with Crippen molar-refractivity contribution in [1.29, 1.82) is 0 Å². The van der Waals surface area contributed by atoms with Gasteiger partial charge in [-0.1, -0.05) is 19.1 Å². The lowest BCUT2D eigenvalue weighted by Gasteiger charge is -2.05. The number of benzene rings is 1. The van der Waals surface area contributed by atoms with Gasteiger partial charge in [-0.3, -0.25) is 14.5 Å². The Bertz CT molecular complexity index is 1140. The van der Waals surface area contributed by atoms with Crippen molar-refractivity contribution < 1.29 is 4.79 Å². The van der Waals surface area contributed by atoms with Gasteiger partial charge in [0.05, 0.1) is 22.1 Å². The van der Waals surface area contributed by atoms with Crippen LogP contribution in [0, 0.1) is 0 Å². The second-order valence-corrected chi connectivity index (χ2v) is 5.80. The second kappa shape index (κ2) is 5.62. The highest BCUT2D eigenvalue weighted by Crippen LogP contribution is 2.24. The molecule has 3 heterocycles. The van der Waals surface area contributed by atoms with Crippen molar-refractivity contribution in [2.45, 2.75) is 19.9 Å². The van der Waals surface area contributed by atoms with Crippen molar-refractivity contribution in [3.63, 3.8) is 0 Å². The minimum absolute atomic E-state index is 0.0922. The van der Waals surface area contributed by atoms with Gasteiger partial charge in [0.1, 0.15) is 12.4 Å². The number of aryl methyl sites for hydroxylation is 2. The number of carbonyl (C=O) groups is 1. The molecule has 0 unspecified atom stereocenters. The zero-order chi connectivity index (χ0) is 17.6. The van der Waals surface area contributed by atoms with Gasteiger partial charge in [0.2, 0.25) is 5.91 Å². The molecule has 128 valence electrons. The summed E-state index contributed by atoms with van der Waals surface area (Å²) < 4.78 is 3.08. The third-order valence-electron chi connectivity index (χ3n) is 4.20. The fourth-order valence-corrected chi connectivity index (χ4v) is 3.04. The van der Waals surface area contributed by atoms with Crippen LogP contribution in [0.1, 0.15) is 12.6 Å². The fourth-order valence-electron chi connectivity index (χ4n) is 3.04. The number of hydrogen-bond acceptors (Lipinski definition) is 4. The molecule has 0 atom stereocenters. The zero-order valence-corrected chi connectivity index (χ0v) is 13.8. The summed E-state index contributed by atoms with van der Waals surface area (Å²) in [6, 6.07) is 7.25. The van der Waals surface area contributed by atoms with Crippen molar-refractivity contribution in [2.75, 3.05) is 5.32 Å². The number of carbonyl (C=O) groups excluding carboxylic acids is 1. The molecule has 0 spiro atoms. The highest BCUT2D eigenvalue weighted by molar-refractivity contribution is 6.00. The maximum Gasteiger partial charge on any atom is 0.326 e. The number of nitrogens with one attached hydrogen (secondary N) is 3. The summed E-state index contributed by atoms with van der Waals surface area (Å²) in [7, 11) is 1.80. The van der Waals surface area contributed by atoms with Crippen molar-refractivity contribution >= 4 is 33.8 Å². The van der Waals surface area contributed by atoms with Crippen molar-refractivity contribution in [2.24, 2.45) is 7.05 Å². The molecule has 0 saturated heterocycles. The summed E-state index contributed by atoms with van der Waals surface area (Å²) >= 11 is 0. The third kappa shape index (κ3) is 2.40. The minimum atomic E-state index is -0.318. The predicted molar refractivity (Wildman–Crippen MR) is 93.4 cm³/mol. The van der Waals surface area contributed by atoms with Crippen molar-refractivity contribution in [3.8, 4) is 0 Å². The van der Waals surface area contributed by atoms with Gasteiger partial charge in [0.25, 0.3) is 0 Å². The quantitative estimate of drug-likeness (QED) is 0.517. The number of H-pyrrole nitrogens is 2. The summed E-state index contributed by atoms with van der Waals surface area (Å²) in [4.78, 5) is 27.3. The van der Waals surface area contributed by atoms with Crippen LogP contribution in [0.5, 0.6) is 0 Å². The van der Waals surface area contributed by atoms with Gasteiger partial charge in [-0.05, 0) is 18.6 Å². The lowest BCUT2D eigenvalue weighted by atomic mass is 10.2. The van der Waals surface area contributed by atoms with E-state index in [0.717, 1.165) is 17.5 Å². The highest BCUT2D eigenvalue weighted by atomic mass is 16.2. The Labute approximate surface area is 141 Å². The molecule has 0 aliphatic heterocycles. The largest absolute Gasteiger partial charge is 0.326 e. The normalized spacial score (nSPS) is 11.4. The lowest BCUT2D eigenvalue weighted by Crippen LogP contribution is -2.26. The fraction of sp³-hybridized carbons (Fsp3) is 0.250. The molecule has 0 fully saturated rings. The van der Waals surface area contributed by atoms with Crippen LogP contribution in [0.15, 0.2) is 29.1 Å². The maximum absolute atomic E-state index is 12.5. The average Bonchev–Trinajstić information content (AvgIpc) is 3.23. The Morgan fingerprint density at radius 3 is 2.92 bits per heavy atom.